The van der Waals surface area contributed by atoms with E-state index in [-0.39, 0.29) is 10.6 Å². The minimum absolute atomic E-state index is 0.0750. The van der Waals surface area contributed by atoms with Crippen LogP contribution in [-0.4, -0.2) is 13.4 Å². The Balaban J connectivity index is 2.25. The van der Waals surface area contributed by atoms with Crippen LogP contribution in [0, 0.1) is 6.92 Å². The Bertz CT molecular complexity index is 729. The van der Waals surface area contributed by atoms with E-state index in [1.54, 1.807) is 24.5 Å². The van der Waals surface area contributed by atoms with Gasteiger partial charge in [0.1, 0.15) is 4.90 Å². The summed E-state index contributed by atoms with van der Waals surface area (Å²) < 4.78 is 22.8. The van der Waals surface area contributed by atoms with Crippen molar-refractivity contribution in [2.45, 2.75) is 18.4 Å². The third-order valence-corrected chi connectivity index (χ3v) is 3.95. The van der Waals surface area contributed by atoms with Crippen molar-refractivity contribution < 1.29 is 8.42 Å². The molecule has 2 rings (SSSR count). The van der Waals surface area contributed by atoms with Crippen LogP contribution in [0.2, 0.25) is 0 Å². The van der Waals surface area contributed by atoms with Crippen molar-refractivity contribution in [3.8, 4) is 0 Å². The molecular formula is C13H16N4O2S. The maximum absolute atomic E-state index is 11.4. The molecule has 0 saturated heterocycles. The average molecular weight is 292 g/mol. The highest BCUT2D eigenvalue weighted by Gasteiger charge is 2.14. The molecule has 1 heterocycles. The lowest BCUT2D eigenvalue weighted by molar-refractivity contribution is 0.598. The maximum atomic E-state index is 11.4. The molecule has 0 bridgehead atoms. The number of anilines is 2. The van der Waals surface area contributed by atoms with Crippen molar-refractivity contribution in [2.24, 2.45) is 5.14 Å². The van der Waals surface area contributed by atoms with Gasteiger partial charge in [0.25, 0.3) is 0 Å². The van der Waals surface area contributed by atoms with E-state index in [9.17, 15) is 8.42 Å². The van der Waals surface area contributed by atoms with E-state index in [2.05, 4.69) is 10.3 Å². The normalized spacial score (nSPS) is 11.3. The summed E-state index contributed by atoms with van der Waals surface area (Å²) in [5.74, 6) is 0. The number of nitrogens with one attached hydrogen (secondary N) is 1. The summed E-state index contributed by atoms with van der Waals surface area (Å²) in [4.78, 5) is 3.94. The van der Waals surface area contributed by atoms with Crippen molar-refractivity contribution >= 4 is 21.4 Å². The minimum Gasteiger partial charge on any atom is -0.396 e. The Kier molecular flexibility index (Phi) is 3.91. The lowest BCUT2D eigenvalue weighted by Crippen LogP contribution is -2.15. The molecule has 0 atom stereocenters. The van der Waals surface area contributed by atoms with Gasteiger partial charge in [0, 0.05) is 18.9 Å². The predicted molar refractivity (Wildman–Crippen MR) is 78.5 cm³/mol. The highest BCUT2D eigenvalue weighted by atomic mass is 32.2. The van der Waals surface area contributed by atoms with Crippen LogP contribution < -0.4 is 16.2 Å². The second kappa shape index (κ2) is 5.48. The van der Waals surface area contributed by atoms with E-state index in [0.29, 0.717) is 12.2 Å². The third kappa shape index (κ3) is 3.06. The van der Waals surface area contributed by atoms with Gasteiger partial charge in [0.05, 0.1) is 11.4 Å². The molecule has 0 saturated carbocycles. The fourth-order valence-electron chi connectivity index (χ4n) is 1.84. The zero-order valence-electron chi connectivity index (χ0n) is 11.0. The quantitative estimate of drug-likeness (QED) is 0.734. The van der Waals surface area contributed by atoms with Crippen LogP contribution in [0.1, 0.15) is 11.1 Å². The lowest BCUT2D eigenvalue weighted by Gasteiger charge is -2.13. The molecule has 5 N–H and O–H groups in total. The Morgan fingerprint density at radius 2 is 2.05 bits per heavy atom. The van der Waals surface area contributed by atoms with Gasteiger partial charge in [0.2, 0.25) is 10.0 Å². The molecule has 6 nitrogen and oxygen atoms in total. The first-order valence-corrected chi connectivity index (χ1v) is 7.49. The fraction of sp³-hybridized carbons (Fsp3) is 0.154. The SMILES string of the molecule is Cc1cnccc1CNc1cccc(S(N)(=O)=O)c1N. The molecule has 0 aliphatic heterocycles. The van der Waals surface area contributed by atoms with Gasteiger partial charge in [-0.2, -0.15) is 0 Å². The molecular weight excluding hydrogens is 276 g/mol. The fourth-order valence-corrected chi connectivity index (χ4v) is 2.52. The van der Waals surface area contributed by atoms with E-state index < -0.39 is 10.0 Å². The molecule has 1 aromatic heterocycles. The Hall–Kier alpha value is -2.12. The molecule has 20 heavy (non-hydrogen) atoms. The number of aromatic nitrogens is 1. The number of hydrogen-bond acceptors (Lipinski definition) is 5. The van der Waals surface area contributed by atoms with Crippen molar-refractivity contribution in [1.82, 2.24) is 4.98 Å². The molecule has 0 aliphatic rings. The number of rotatable bonds is 4. The molecule has 0 aliphatic carbocycles. The first kappa shape index (κ1) is 14.3. The summed E-state index contributed by atoms with van der Waals surface area (Å²) in [6, 6.07) is 6.58. The molecule has 0 unspecified atom stereocenters. The smallest absolute Gasteiger partial charge is 0.240 e. The third-order valence-electron chi connectivity index (χ3n) is 2.98. The van der Waals surface area contributed by atoms with Gasteiger partial charge in [-0.3, -0.25) is 4.98 Å². The first-order valence-electron chi connectivity index (χ1n) is 5.94. The van der Waals surface area contributed by atoms with Gasteiger partial charge < -0.3 is 11.1 Å². The number of primary sulfonamides is 1. The zero-order chi connectivity index (χ0) is 14.8. The maximum Gasteiger partial charge on any atom is 0.240 e. The molecule has 7 heteroatoms. The molecule has 0 amide bonds. The number of nitrogens with two attached hydrogens (primary N) is 2. The van der Waals surface area contributed by atoms with Crippen molar-refractivity contribution in [1.29, 1.82) is 0 Å². The lowest BCUT2D eigenvalue weighted by atomic mass is 10.1. The zero-order valence-corrected chi connectivity index (χ0v) is 11.8. The van der Waals surface area contributed by atoms with E-state index in [4.69, 9.17) is 10.9 Å². The van der Waals surface area contributed by atoms with Gasteiger partial charge in [0.15, 0.2) is 0 Å². The molecule has 0 fully saturated rings. The van der Waals surface area contributed by atoms with Crippen LogP contribution in [0.25, 0.3) is 0 Å². The average Bonchev–Trinajstić information content (AvgIpc) is 2.38. The molecule has 106 valence electrons. The predicted octanol–water partition coefficient (Wildman–Crippen LogP) is 1.23. The number of pyridine rings is 1. The molecule has 0 spiro atoms. The van der Waals surface area contributed by atoms with Crippen LogP contribution in [0.4, 0.5) is 11.4 Å². The number of sulfonamides is 1. The second-order valence-corrected chi connectivity index (χ2v) is 5.95. The summed E-state index contributed by atoms with van der Waals surface area (Å²) in [5, 5.41) is 8.22. The topological polar surface area (TPSA) is 111 Å². The molecule has 1 aromatic carbocycles. The number of hydrogen-bond donors (Lipinski definition) is 3. The monoisotopic (exact) mass is 292 g/mol. The van der Waals surface area contributed by atoms with Crippen molar-refractivity contribution in [2.75, 3.05) is 11.1 Å². The van der Waals surface area contributed by atoms with Gasteiger partial charge in [-0.15, -0.1) is 0 Å². The van der Waals surface area contributed by atoms with Gasteiger partial charge in [-0.25, -0.2) is 13.6 Å². The standard InChI is InChI=1S/C13H16N4O2S/c1-9-7-16-6-5-10(9)8-17-11-3-2-4-12(13(11)14)20(15,18)19/h2-7,17H,8,14H2,1H3,(H2,15,18,19). The second-order valence-electron chi connectivity index (χ2n) is 4.42. The summed E-state index contributed by atoms with van der Waals surface area (Å²) in [6.45, 7) is 2.47. The Morgan fingerprint density at radius 1 is 1.30 bits per heavy atom. The largest absolute Gasteiger partial charge is 0.396 e. The summed E-state index contributed by atoms with van der Waals surface area (Å²) in [7, 11) is -3.82. The van der Waals surface area contributed by atoms with E-state index in [1.165, 1.54) is 6.07 Å². The number of aryl methyl sites for hydroxylation is 1. The first-order chi connectivity index (χ1) is 9.39. The number of nitrogens with zero attached hydrogens (tertiary/aromatic N) is 1. The van der Waals surface area contributed by atoms with Crippen molar-refractivity contribution in [3.63, 3.8) is 0 Å². The minimum atomic E-state index is -3.82. The molecule has 0 radical (unpaired) electrons. The van der Waals surface area contributed by atoms with Crippen LogP contribution in [0.3, 0.4) is 0 Å². The van der Waals surface area contributed by atoms with Crippen LogP contribution in [0.5, 0.6) is 0 Å². The van der Waals surface area contributed by atoms with Gasteiger partial charge >= 0.3 is 0 Å². The van der Waals surface area contributed by atoms with Crippen LogP contribution in [0.15, 0.2) is 41.6 Å². The van der Waals surface area contributed by atoms with E-state index in [0.717, 1.165) is 11.1 Å². The Labute approximate surface area is 117 Å². The van der Waals surface area contributed by atoms with Crippen LogP contribution >= 0.6 is 0 Å². The van der Waals surface area contributed by atoms with Gasteiger partial charge in [-0.1, -0.05) is 6.07 Å². The number of benzene rings is 1. The summed E-state index contributed by atoms with van der Waals surface area (Å²) in [6.07, 6.45) is 3.47. The number of para-hydroxylation sites is 1. The van der Waals surface area contributed by atoms with E-state index in [1.807, 2.05) is 13.0 Å². The summed E-state index contributed by atoms with van der Waals surface area (Å²) in [5.41, 5.74) is 8.60. The van der Waals surface area contributed by atoms with Gasteiger partial charge in [-0.05, 0) is 36.2 Å². The summed E-state index contributed by atoms with van der Waals surface area (Å²) >= 11 is 0. The van der Waals surface area contributed by atoms with E-state index >= 15 is 0 Å². The molecule has 2 aromatic rings. The van der Waals surface area contributed by atoms with Crippen molar-refractivity contribution in [3.05, 3.63) is 47.8 Å². The highest BCUT2D eigenvalue weighted by Crippen LogP contribution is 2.26. The Morgan fingerprint density at radius 3 is 2.70 bits per heavy atom. The van der Waals surface area contributed by atoms with Crippen LogP contribution in [-0.2, 0) is 16.6 Å². The number of nitrogen functional groups attached to an aromatic ring is 1. The highest BCUT2D eigenvalue weighted by molar-refractivity contribution is 7.89.